The van der Waals surface area contributed by atoms with E-state index in [1.807, 2.05) is 24.3 Å². The van der Waals surface area contributed by atoms with E-state index in [4.69, 9.17) is 23.2 Å². The quantitative estimate of drug-likeness (QED) is 0.587. The summed E-state index contributed by atoms with van der Waals surface area (Å²) >= 11 is 12.3. The predicted molar refractivity (Wildman–Crippen MR) is 118 cm³/mol. The molecule has 0 aromatic heterocycles. The zero-order valence-electron chi connectivity index (χ0n) is 16.1. The minimum atomic E-state index is -0.210. The van der Waals surface area contributed by atoms with Gasteiger partial charge in [0.15, 0.2) is 0 Å². The summed E-state index contributed by atoms with van der Waals surface area (Å²) in [5.41, 5.74) is 1.84. The number of hydrogen-bond acceptors (Lipinski definition) is 3. The normalized spacial score (nSPS) is 14.4. The molecule has 1 fully saturated rings. The Morgan fingerprint density at radius 1 is 0.966 bits per heavy atom. The van der Waals surface area contributed by atoms with Gasteiger partial charge in [0.25, 0.3) is 5.91 Å². The molecular formula is C22H25Cl2N3O2. The van der Waals surface area contributed by atoms with Gasteiger partial charge >= 0.3 is 0 Å². The first kappa shape index (κ1) is 21.6. The molecule has 0 radical (unpaired) electrons. The Hall–Kier alpha value is -2.08. The van der Waals surface area contributed by atoms with Crippen molar-refractivity contribution in [2.24, 2.45) is 0 Å². The van der Waals surface area contributed by atoms with Crippen LogP contribution in [0.15, 0.2) is 42.5 Å². The lowest BCUT2D eigenvalue weighted by Crippen LogP contribution is -2.36. The zero-order chi connectivity index (χ0) is 20.6. The maximum Gasteiger partial charge on any atom is 0.253 e. The van der Waals surface area contributed by atoms with Crippen LogP contribution >= 0.6 is 23.2 Å². The highest BCUT2D eigenvalue weighted by atomic mass is 35.5. The van der Waals surface area contributed by atoms with Crippen LogP contribution in [0.5, 0.6) is 0 Å². The van der Waals surface area contributed by atoms with E-state index in [1.165, 1.54) is 6.42 Å². The molecule has 2 amide bonds. The van der Waals surface area contributed by atoms with Gasteiger partial charge in [-0.15, -0.1) is 0 Å². The fourth-order valence-electron chi connectivity index (χ4n) is 3.44. The number of benzene rings is 2. The molecule has 154 valence electrons. The van der Waals surface area contributed by atoms with Crippen molar-refractivity contribution < 1.29 is 9.59 Å². The van der Waals surface area contributed by atoms with Crippen molar-refractivity contribution >= 4 is 40.7 Å². The molecule has 5 nitrogen and oxygen atoms in total. The maximum absolute atomic E-state index is 12.6. The van der Waals surface area contributed by atoms with E-state index in [0.29, 0.717) is 27.8 Å². The first-order valence-corrected chi connectivity index (χ1v) is 10.6. The molecule has 29 heavy (non-hydrogen) atoms. The van der Waals surface area contributed by atoms with Crippen LogP contribution in [0.3, 0.4) is 0 Å². The van der Waals surface area contributed by atoms with E-state index in [1.54, 1.807) is 18.2 Å². The Balaban J connectivity index is 1.53. The predicted octanol–water partition coefficient (Wildman–Crippen LogP) is 4.78. The molecule has 0 atom stereocenters. The molecule has 0 bridgehead atoms. The molecule has 0 unspecified atom stereocenters. The lowest BCUT2D eigenvalue weighted by molar-refractivity contribution is -0.115. The van der Waals surface area contributed by atoms with Crippen LogP contribution < -0.4 is 16.0 Å². The average Bonchev–Trinajstić information content (AvgIpc) is 2.71. The second-order valence-electron chi connectivity index (χ2n) is 7.25. The highest BCUT2D eigenvalue weighted by molar-refractivity contribution is 6.34. The molecule has 3 N–H and O–H groups in total. The molecule has 0 heterocycles. The lowest BCUT2D eigenvalue weighted by atomic mass is 9.95. The SMILES string of the molecule is O=C(CNCc1ccccc1Cl)Nc1ccc(Cl)c(C(=O)NC2CCCCC2)c1. The van der Waals surface area contributed by atoms with Crippen molar-refractivity contribution in [3.8, 4) is 0 Å². The summed E-state index contributed by atoms with van der Waals surface area (Å²) in [5.74, 6) is -0.409. The third kappa shape index (κ3) is 6.46. The number of carbonyl (C=O) groups is 2. The number of amides is 2. The molecule has 1 saturated carbocycles. The zero-order valence-corrected chi connectivity index (χ0v) is 17.7. The second kappa shape index (κ2) is 10.6. The first-order valence-electron chi connectivity index (χ1n) is 9.87. The van der Waals surface area contributed by atoms with Crippen LogP contribution in [0.4, 0.5) is 5.69 Å². The van der Waals surface area contributed by atoms with Gasteiger partial charge in [-0.1, -0.05) is 60.7 Å². The summed E-state index contributed by atoms with van der Waals surface area (Å²) in [6, 6.07) is 12.6. The van der Waals surface area contributed by atoms with Gasteiger partial charge in [0, 0.05) is 23.3 Å². The molecule has 0 aliphatic heterocycles. The van der Waals surface area contributed by atoms with Gasteiger partial charge in [0.2, 0.25) is 5.91 Å². The molecule has 0 spiro atoms. The van der Waals surface area contributed by atoms with Gasteiger partial charge in [-0.2, -0.15) is 0 Å². The number of nitrogens with one attached hydrogen (secondary N) is 3. The van der Waals surface area contributed by atoms with E-state index < -0.39 is 0 Å². The Morgan fingerprint density at radius 3 is 2.48 bits per heavy atom. The molecule has 0 saturated heterocycles. The lowest BCUT2D eigenvalue weighted by Gasteiger charge is -2.23. The van der Waals surface area contributed by atoms with Gasteiger partial charge in [-0.05, 0) is 42.7 Å². The molecule has 1 aliphatic rings. The van der Waals surface area contributed by atoms with Crippen LogP contribution in [0.2, 0.25) is 10.0 Å². The summed E-state index contributed by atoms with van der Waals surface area (Å²) in [5, 5.41) is 9.94. The molecule has 7 heteroatoms. The smallest absolute Gasteiger partial charge is 0.253 e. The van der Waals surface area contributed by atoms with Gasteiger partial charge in [-0.3, -0.25) is 9.59 Å². The number of anilines is 1. The van der Waals surface area contributed by atoms with E-state index in [9.17, 15) is 9.59 Å². The highest BCUT2D eigenvalue weighted by Gasteiger charge is 2.19. The molecule has 3 rings (SSSR count). The van der Waals surface area contributed by atoms with Gasteiger partial charge in [0.1, 0.15) is 0 Å². The first-order chi connectivity index (χ1) is 14.0. The molecule has 2 aromatic rings. The van der Waals surface area contributed by atoms with Crippen molar-refractivity contribution in [3.63, 3.8) is 0 Å². The number of hydrogen-bond donors (Lipinski definition) is 3. The maximum atomic E-state index is 12.6. The third-order valence-electron chi connectivity index (χ3n) is 4.99. The summed E-state index contributed by atoms with van der Waals surface area (Å²) < 4.78 is 0. The fourth-order valence-corrected chi connectivity index (χ4v) is 3.85. The van der Waals surface area contributed by atoms with E-state index in [-0.39, 0.29) is 24.4 Å². The van der Waals surface area contributed by atoms with Crippen molar-refractivity contribution in [1.82, 2.24) is 10.6 Å². The van der Waals surface area contributed by atoms with Crippen molar-refractivity contribution in [2.45, 2.75) is 44.7 Å². The molecule has 1 aliphatic carbocycles. The van der Waals surface area contributed by atoms with Crippen molar-refractivity contribution in [3.05, 3.63) is 63.6 Å². The van der Waals surface area contributed by atoms with Crippen LogP contribution in [0, 0.1) is 0 Å². The van der Waals surface area contributed by atoms with Crippen LogP contribution in [-0.4, -0.2) is 24.4 Å². The highest BCUT2D eigenvalue weighted by Crippen LogP contribution is 2.23. The van der Waals surface area contributed by atoms with Gasteiger partial charge in [0.05, 0.1) is 17.1 Å². The summed E-state index contributed by atoms with van der Waals surface area (Å²) in [6.45, 7) is 0.611. The topological polar surface area (TPSA) is 70.2 Å². The van der Waals surface area contributed by atoms with Crippen LogP contribution in [-0.2, 0) is 11.3 Å². The van der Waals surface area contributed by atoms with E-state index >= 15 is 0 Å². The number of rotatable bonds is 7. The van der Waals surface area contributed by atoms with Crippen molar-refractivity contribution in [1.29, 1.82) is 0 Å². The van der Waals surface area contributed by atoms with Gasteiger partial charge in [-0.25, -0.2) is 0 Å². The minimum absolute atomic E-state index is 0.122. The largest absolute Gasteiger partial charge is 0.349 e. The number of halogens is 2. The monoisotopic (exact) mass is 433 g/mol. The Labute approximate surface area is 181 Å². The van der Waals surface area contributed by atoms with E-state index in [0.717, 1.165) is 31.2 Å². The standard InChI is InChI=1S/C22H25Cl2N3O2/c23-19-9-5-4-6-15(19)13-25-14-21(28)26-17-10-11-20(24)18(12-17)22(29)27-16-7-2-1-3-8-16/h4-6,9-12,16,25H,1-3,7-8,13-14H2,(H,26,28)(H,27,29). The summed E-state index contributed by atoms with van der Waals surface area (Å²) in [4.78, 5) is 24.8. The molecule has 2 aromatic carbocycles. The Bertz CT molecular complexity index is 867. The van der Waals surface area contributed by atoms with Crippen LogP contribution in [0.25, 0.3) is 0 Å². The minimum Gasteiger partial charge on any atom is -0.349 e. The average molecular weight is 434 g/mol. The third-order valence-corrected chi connectivity index (χ3v) is 5.69. The summed E-state index contributed by atoms with van der Waals surface area (Å²) in [7, 11) is 0. The van der Waals surface area contributed by atoms with Crippen LogP contribution in [0.1, 0.15) is 48.0 Å². The summed E-state index contributed by atoms with van der Waals surface area (Å²) in [6.07, 6.45) is 5.48. The van der Waals surface area contributed by atoms with E-state index in [2.05, 4.69) is 16.0 Å². The fraction of sp³-hybridized carbons (Fsp3) is 0.364. The van der Waals surface area contributed by atoms with Crippen molar-refractivity contribution in [2.75, 3.05) is 11.9 Å². The number of carbonyl (C=O) groups excluding carboxylic acids is 2. The Morgan fingerprint density at radius 2 is 1.72 bits per heavy atom. The van der Waals surface area contributed by atoms with Gasteiger partial charge < -0.3 is 16.0 Å². The Kier molecular flexibility index (Phi) is 7.92. The molecular weight excluding hydrogens is 409 g/mol. The second-order valence-corrected chi connectivity index (χ2v) is 8.06.